The van der Waals surface area contributed by atoms with E-state index in [1.165, 1.54) is 24.1 Å². The van der Waals surface area contributed by atoms with Crippen molar-refractivity contribution in [3.8, 4) is 11.3 Å². The van der Waals surface area contributed by atoms with E-state index in [-0.39, 0.29) is 19.0 Å². The molecule has 38 heavy (non-hydrogen) atoms. The van der Waals surface area contributed by atoms with Crippen molar-refractivity contribution in [3.05, 3.63) is 55.1 Å². The maximum atomic E-state index is 13.3. The van der Waals surface area contributed by atoms with Crippen molar-refractivity contribution < 1.29 is 37.5 Å². The molecule has 0 saturated carbocycles. The third kappa shape index (κ3) is 4.39. The fourth-order valence-electron chi connectivity index (χ4n) is 4.60. The summed E-state index contributed by atoms with van der Waals surface area (Å²) in [5, 5.41) is 21.9. The SMILES string of the molecule is C[C@@]1(O)[C@H](O)[C@@H](COP2(=O)OCCC(c3cncc(-c4ccco4)c3)O2)O[C@H]1n1cnc2c(N)ncnc21. The molecule has 2 fully saturated rings. The number of furan rings is 1. The fraction of sp³-hybridized carbons (Fsp3) is 0.391. The quantitative estimate of drug-likeness (QED) is 0.300. The number of nitrogen functional groups attached to an aromatic ring is 1. The topological polar surface area (TPSA) is 190 Å². The number of aromatic nitrogens is 5. The molecule has 2 aliphatic rings. The Balaban J connectivity index is 1.16. The highest BCUT2D eigenvalue weighted by Gasteiger charge is 2.54. The summed E-state index contributed by atoms with van der Waals surface area (Å²) in [5.41, 5.74) is 6.15. The van der Waals surface area contributed by atoms with Crippen LogP contribution in [0.15, 0.2) is 53.9 Å². The van der Waals surface area contributed by atoms with Gasteiger partial charge >= 0.3 is 7.82 Å². The minimum Gasteiger partial charge on any atom is -0.464 e. The molecule has 6 rings (SSSR count). The summed E-state index contributed by atoms with van der Waals surface area (Å²) in [4.78, 5) is 16.5. The van der Waals surface area contributed by atoms with Crippen molar-refractivity contribution >= 4 is 24.8 Å². The molecule has 0 aliphatic carbocycles. The van der Waals surface area contributed by atoms with Gasteiger partial charge in [-0.15, -0.1) is 0 Å². The lowest BCUT2D eigenvalue weighted by Crippen LogP contribution is -2.44. The summed E-state index contributed by atoms with van der Waals surface area (Å²) in [6.45, 7) is 1.14. The van der Waals surface area contributed by atoms with E-state index in [9.17, 15) is 14.8 Å². The first kappa shape index (κ1) is 25.1. The summed E-state index contributed by atoms with van der Waals surface area (Å²) in [7, 11) is -4.04. The number of aliphatic hydroxyl groups excluding tert-OH is 1. The van der Waals surface area contributed by atoms with Crippen LogP contribution < -0.4 is 5.73 Å². The summed E-state index contributed by atoms with van der Waals surface area (Å²) < 4.78 is 42.8. The van der Waals surface area contributed by atoms with Gasteiger partial charge in [-0.25, -0.2) is 19.5 Å². The molecule has 0 spiro atoms. The Morgan fingerprint density at radius 3 is 3.00 bits per heavy atom. The van der Waals surface area contributed by atoms with Crippen LogP contribution >= 0.6 is 7.82 Å². The second-order valence-electron chi connectivity index (χ2n) is 9.22. The van der Waals surface area contributed by atoms with Crippen LogP contribution in [0, 0.1) is 0 Å². The van der Waals surface area contributed by atoms with E-state index in [1.807, 2.05) is 12.1 Å². The van der Waals surface area contributed by atoms with Gasteiger partial charge in [-0.05, 0) is 25.1 Å². The van der Waals surface area contributed by atoms with E-state index in [1.54, 1.807) is 24.7 Å². The number of hydrogen-bond acceptors (Lipinski definition) is 13. The molecule has 0 radical (unpaired) electrons. The predicted octanol–water partition coefficient (Wildman–Crippen LogP) is 2.38. The Hall–Kier alpha value is -3.23. The molecule has 4 aromatic rings. The van der Waals surface area contributed by atoms with E-state index in [0.29, 0.717) is 28.9 Å². The van der Waals surface area contributed by atoms with Crippen molar-refractivity contribution in [2.24, 2.45) is 0 Å². The minimum absolute atomic E-state index is 0.115. The Morgan fingerprint density at radius 2 is 2.18 bits per heavy atom. The second kappa shape index (κ2) is 9.50. The lowest BCUT2D eigenvalue weighted by molar-refractivity contribution is -0.0953. The zero-order chi connectivity index (χ0) is 26.5. The number of nitrogens with two attached hydrogens (primary N) is 1. The van der Waals surface area contributed by atoms with E-state index in [0.717, 1.165) is 5.56 Å². The highest BCUT2D eigenvalue weighted by atomic mass is 31.2. The number of aliphatic hydroxyl groups is 2. The van der Waals surface area contributed by atoms with Gasteiger partial charge in [0.1, 0.15) is 35.4 Å². The molecule has 6 atom stereocenters. The number of phosphoric ester groups is 1. The average Bonchev–Trinajstić information content (AvgIpc) is 3.64. The number of imidazole rings is 1. The van der Waals surface area contributed by atoms with Crippen LogP contribution in [-0.2, 0) is 22.9 Å². The van der Waals surface area contributed by atoms with Crippen LogP contribution in [0.25, 0.3) is 22.5 Å². The zero-order valence-electron chi connectivity index (χ0n) is 20.2. The lowest BCUT2D eigenvalue weighted by atomic mass is 9.96. The van der Waals surface area contributed by atoms with Gasteiger partial charge in [0.2, 0.25) is 0 Å². The standard InChI is InChI=1S/C23H25N6O8P/c1-23(31)19(30)17(36-22(23)29-12-28-18-20(24)26-11-27-21(18)29)10-35-38(32)34-6-4-16(37-38)14-7-13(8-25-9-14)15-3-2-5-33-15/h2-3,5,7-9,11-12,16-17,19,22,30-31H,4,6,10H2,1H3,(H2,24,26,27)/t16?,17-,19-,22-,23-,38?/m1/s1. The fourth-order valence-corrected chi connectivity index (χ4v) is 5.99. The number of pyridine rings is 1. The van der Waals surface area contributed by atoms with E-state index >= 15 is 0 Å². The number of rotatable bonds is 6. The Morgan fingerprint density at radius 1 is 1.32 bits per heavy atom. The molecule has 15 heteroatoms. The molecule has 0 bridgehead atoms. The number of phosphoric acid groups is 1. The first-order chi connectivity index (χ1) is 18.2. The maximum absolute atomic E-state index is 13.3. The number of nitrogens with zero attached hydrogens (tertiary/aromatic N) is 5. The number of anilines is 1. The first-order valence-electron chi connectivity index (χ1n) is 11.8. The van der Waals surface area contributed by atoms with Gasteiger partial charge in [-0.2, -0.15) is 0 Å². The second-order valence-corrected chi connectivity index (χ2v) is 10.8. The van der Waals surface area contributed by atoms with Crippen LogP contribution in [0.1, 0.15) is 31.2 Å². The van der Waals surface area contributed by atoms with Crippen molar-refractivity contribution in [3.63, 3.8) is 0 Å². The molecule has 2 unspecified atom stereocenters. The molecule has 6 heterocycles. The van der Waals surface area contributed by atoms with Crippen molar-refractivity contribution in [2.75, 3.05) is 18.9 Å². The Kier molecular flexibility index (Phi) is 6.27. The number of ether oxygens (including phenoxy) is 1. The highest BCUT2D eigenvalue weighted by Crippen LogP contribution is 2.57. The molecular formula is C23H25N6O8P. The molecule has 0 amide bonds. The summed E-state index contributed by atoms with van der Waals surface area (Å²) in [6.07, 6.45) is 3.72. The van der Waals surface area contributed by atoms with Crippen molar-refractivity contribution in [2.45, 2.75) is 43.5 Å². The molecule has 2 saturated heterocycles. The van der Waals surface area contributed by atoms with Crippen molar-refractivity contribution in [1.29, 1.82) is 0 Å². The summed E-state index contributed by atoms with van der Waals surface area (Å²) in [5.74, 6) is 0.801. The van der Waals surface area contributed by atoms with Gasteiger partial charge in [0, 0.05) is 29.9 Å². The molecule has 4 N–H and O–H groups in total. The summed E-state index contributed by atoms with van der Waals surface area (Å²) >= 11 is 0. The minimum atomic E-state index is -4.04. The van der Waals surface area contributed by atoms with Gasteiger partial charge < -0.3 is 25.1 Å². The third-order valence-electron chi connectivity index (χ3n) is 6.61. The van der Waals surface area contributed by atoms with Crippen LogP contribution in [0.3, 0.4) is 0 Å². The van der Waals surface area contributed by atoms with E-state index in [4.69, 9.17) is 28.5 Å². The molecule has 14 nitrogen and oxygen atoms in total. The smallest absolute Gasteiger partial charge is 0.464 e. The molecule has 0 aromatic carbocycles. The first-order valence-corrected chi connectivity index (χ1v) is 13.3. The van der Waals surface area contributed by atoms with Crippen molar-refractivity contribution in [1.82, 2.24) is 24.5 Å². The van der Waals surface area contributed by atoms with Gasteiger partial charge in [-0.3, -0.25) is 23.1 Å². The molecule has 4 aromatic heterocycles. The molecular weight excluding hydrogens is 519 g/mol. The van der Waals surface area contributed by atoms with Gasteiger partial charge in [0.25, 0.3) is 0 Å². The third-order valence-corrected chi connectivity index (χ3v) is 8.09. The van der Waals surface area contributed by atoms with Crippen LogP contribution in [0.5, 0.6) is 0 Å². The largest absolute Gasteiger partial charge is 0.475 e. The Bertz CT molecular complexity index is 1490. The molecule has 200 valence electrons. The lowest BCUT2D eigenvalue weighted by Gasteiger charge is -2.30. The number of hydrogen-bond donors (Lipinski definition) is 3. The van der Waals surface area contributed by atoms with Crippen LogP contribution in [0.4, 0.5) is 5.82 Å². The van der Waals surface area contributed by atoms with E-state index in [2.05, 4.69) is 19.9 Å². The predicted molar refractivity (Wildman–Crippen MR) is 130 cm³/mol. The summed E-state index contributed by atoms with van der Waals surface area (Å²) in [6, 6.07) is 5.42. The normalized spacial score (nSPS) is 31.7. The van der Waals surface area contributed by atoms with Crippen LogP contribution in [-0.4, -0.2) is 65.7 Å². The monoisotopic (exact) mass is 544 g/mol. The zero-order valence-corrected chi connectivity index (χ0v) is 21.0. The van der Waals surface area contributed by atoms with Gasteiger partial charge in [0.05, 0.1) is 31.9 Å². The Labute approximate surface area is 216 Å². The van der Waals surface area contributed by atoms with Gasteiger partial charge in [-0.1, -0.05) is 0 Å². The average molecular weight is 544 g/mol. The van der Waals surface area contributed by atoms with Gasteiger partial charge in [0.15, 0.2) is 17.7 Å². The maximum Gasteiger partial charge on any atom is 0.475 e. The van der Waals surface area contributed by atoms with Crippen LogP contribution in [0.2, 0.25) is 0 Å². The highest BCUT2D eigenvalue weighted by molar-refractivity contribution is 7.48. The molecule has 2 aliphatic heterocycles. The van der Waals surface area contributed by atoms with E-state index < -0.39 is 38.0 Å². The number of fused-ring (bicyclic) bond motifs is 1.